The van der Waals surface area contributed by atoms with Gasteiger partial charge < -0.3 is 10.6 Å². The molecule has 1 aliphatic heterocycles. The van der Waals surface area contributed by atoms with Crippen LogP contribution in [-0.4, -0.2) is 40.5 Å². The van der Waals surface area contributed by atoms with E-state index >= 15 is 0 Å². The summed E-state index contributed by atoms with van der Waals surface area (Å²) in [5.74, 6) is 0.227. The number of rotatable bonds is 5. The predicted molar refractivity (Wildman–Crippen MR) is 114 cm³/mol. The topological polar surface area (TPSA) is 78.5 Å². The average molecular weight is 424 g/mol. The summed E-state index contributed by atoms with van der Waals surface area (Å²) in [6, 6.07) is 15.0. The van der Waals surface area contributed by atoms with Gasteiger partial charge in [-0.1, -0.05) is 25.1 Å². The number of para-hydroxylation sites is 1. The molecule has 0 spiro atoms. The van der Waals surface area contributed by atoms with Crippen LogP contribution in [0.1, 0.15) is 23.7 Å². The van der Waals surface area contributed by atoms with Gasteiger partial charge in [-0.25, -0.2) is 8.42 Å². The number of anilines is 1. The molecule has 0 bridgehead atoms. The number of carbonyl (C=O) groups excluding carboxylic acids is 1. The summed E-state index contributed by atoms with van der Waals surface area (Å²) >= 11 is 0. The van der Waals surface area contributed by atoms with E-state index in [1.165, 1.54) is 23.5 Å². The minimum atomic E-state index is -3.68. The predicted octanol–water partition coefficient (Wildman–Crippen LogP) is 2.66. The maximum absolute atomic E-state index is 12.8. The Morgan fingerprint density at radius 1 is 1.11 bits per heavy atom. The zero-order chi connectivity index (χ0) is 19.4. The SMILES string of the molecule is CC1CCNCC1NC(=O)c1ccc(S(=O)(=O)N(C)c2ccccc2)cc1.Cl. The lowest BCUT2D eigenvalue weighted by atomic mass is 9.94. The van der Waals surface area contributed by atoms with Gasteiger partial charge >= 0.3 is 0 Å². The van der Waals surface area contributed by atoms with E-state index < -0.39 is 10.0 Å². The fraction of sp³-hybridized carbons (Fsp3) is 0.350. The molecule has 1 saturated heterocycles. The van der Waals surface area contributed by atoms with Crippen LogP contribution in [0.2, 0.25) is 0 Å². The normalized spacial score (nSPS) is 19.4. The van der Waals surface area contributed by atoms with Gasteiger partial charge in [0.2, 0.25) is 0 Å². The number of carbonyl (C=O) groups is 1. The van der Waals surface area contributed by atoms with Crippen molar-refractivity contribution in [1.29, 1.82) is 0 Å². The minimum absolute atomic E-state index is 0. The number of nitrogens with zero attached hydrogens (tertiary/aromatic N) is 1. The molecular weight excluding hydrogens is 398 g/mol. The number of nitrogens with one attached hydrogen (secondary N) is 2. The Hall–Kier alpha value is -2.09. The third-order valence-electron chi connectivity index (χ3n) is 5.04. The molecule has 2 aromatic rings. The maximum Gasteiger partial charge on any atom is 0.264 e. The summed E-state index contributed by atoms with van der Waals surface area (Å²) in [4.78, 5) is 12.6. The van der Waals surface area contributed by atoms with Crippen molar-refractivity contribution in [2.24, 2.45) is 5.92 Å². The Bertz CT molecular complexity index is 889. The first-order valence-corrected chi connectivity index (χ1v) is 10.5. The average Bonchev–Trinajstić information content (AvgIpc) is 2.70. The summed E-state index contributed by atoms with van der Waals surface area (Å²) in [6.07, 6.45) is 1.02. The zero-order valence-electron chi connectivity index (χ0n) is 16.0. The summed E-state index contributed by atoms with van der Waals surface area (Å²) < 4.78 is 26.8. The van der Waals surface area contributed by atoms with Crippen LogP contribution in [0.3, 0.4) is 0 Å². The molecule has 6 nitrogen and oxygen atoms in total. The first kappa shape index (κ1) is 22.2. The van der Waals surface area contributed by atoms with Gasteiger partial charge in [0, 0.05) is 25.2 Å². The molecule has 0 aliphatic carbocycles. The first-order valence-electron chi connectivity index (χ1n) is 9.05. The fourth-order valence-corrected chi connectivity index (χ4v) is 4.34. The third kappa shape index (κ3) is 4.84. The van der Waals surface area contributed by atoms with Crippen molar-refractivity contribution >= 4 is 34.0 Å². The van der Waals surface area contributed by atoms with Crippen LogP contribution in [0.15, 0.2) is 59.5 Å². The fourth-order valence-electron chi connectivity index (χ4n) is 3.15. The smallest absolute Gasteiger partial charge is 0.264 e. The summed E-state index contributed by atoms with van der Waals surface area (Å²) in [6.45, 7) is 3.84. The molecule has 0 saturated carbocycles. The summed E-state index contributed by atoms with van der Waals surface area (Å²) in [5, 5.41) is 6.31. The van der Waals surface area contributed by atoms with Gasteiger partial charge in [-0.15, -0.1) is 12.4 Å². The Morgan fingerprint density at radius 2 is 1.75 bits per heavy atom. The van der Waals surface area contributed by atoms with E-state index in [1.807, 2.05) is 6.07 Å². The number of amides is 1. The largest absolute Gasteiger partial charge is 0.348 e. The van der Waals surface area contributed by atoms with Crippen molar-refractivity contribution in [3.05, 3.63) is 60.2 Å². The molecule has 1 fully saturated rings. The molecule has 2 aromatic carbocycles. The number of halogens is 1. The minimum Gasteiger partial charge on any atom is -0.348 e. The number of hydrogen-bond acceptors (Lipinski definition) is 4. The molecule has 1 aliphatic rings. The monoisotopic (exact) mass is 423 g/mol. The molecule has 2 N–H and O–H groups in total. The molecule has 28 heavy (non-hydrogen) atoms. The third-order valence-corrected chi connectivity index (χ3v) is 6.84. The number of sulfonamides is 1. The Balaban J connectivity index is 0.00000280. The van der Waals surface area contributed by atoms with E-state index in [0.29, 0.717) is 17.2 Å². The van der Waals surface area contributed by atoms with E-state index in [-0.39, 0.29) is 29.3 Å². The quantitative estimate of drug-likeness (QED) is 0.774. The molecule has 1 amide bonds. The second kappa shape index (κ2) is 9.41. The van der Waals surface area contributed by atoms with Crippen LogP contribution in [-0.2, 0) is 10.0 Å². The van der Waals surface area contributed by atoms with Gasteiger partial charge in [-0.2, -0.15) is 0 Å². The lowest BCUT2D eigenvalue weighted by Crippen LogP contribution is -2.50. The van der Waals surface area contributed by atoms with Crippen molar-refractivity contribution in [3.63, 3.8) is 0 Å². The highest BCUT2D eigenvalue weighted by Crippen LogP contribution is 2.22. The van der Waals surface area contributed by atoms with Crippen LogP contribution < -0.4 is 14.9 Å². The van der Waals surface area contributed by atoms with Gasteiger partial charge in [0.25, 0.3) is 15.9 Å². The lowest BCUT2D eigenvalue weighted by Gasteiger charge is -2.30. The summed E-state index contributed by atoms with van der Waals surface area (Å²) in [5.41, 5.74) is 1.03. The number of piperidine rings is 1. The highest BCUT2D eigenvalue weighted by Gasteiger charge is 2.24. The van der Waals surface area contributed by atoms with Crippen molar-refractivity contribution in [3.8, 4) is 0 Å². The lowest BCUT2D eigenvalue weighted by molar-refractivity contribution is 0.0915. The van der Waals surface area contributed by atoms with E-state index in [9.17, 15) is 13.2 Å². The highest BCUT2D eigenvalue weighted by atomic mass is 35.5. The van der Waals surface area contributed by atoms with Crippen molar-refractivity contribution in [2.75, 3.05) is 24.4 Å². The second-order valence-corrected chi connectivity index (χ2v) is 8.85. The standard InChI is InChI=1S/C20H25N3O3S.ClH/c1-15-12-13-21-14-19(15)22-20(24)16-8-10-18(11-9-16)27(25,26)23(2)17-6-4-3-5-7-17;/h3-11,15,19,21H,12-14H2,1-2H3,(H,22,24);1H. The Labute approximate surface area is 172 Å². The highest BCUT2D eigenvalue weighted by molar-refractivity contribution is 7.92. The van der Waals surface area contributed by atoms with Crippen LogP contribution >= 0.6 is 12.4 Å². The summed E-state index contributed by atoms with van der Waals surface area (Å²) in [7, 11) is -2.16. The van der Waals surface area contributed by atoms with E-state index in [0.717, 1.165) is 19.5 Å². The molecule has 2 atom stereocenters. The first-order chi connectivity index (χ1) is 12.9. The van der Waals surface area contributed by atoms with Gasteiger partial charge in [-0.3, -0.25) is 9.10 Å². The van der Waals surface area contributed by atoms with Gasteiger partial charge in [-0.05, 0) is 55.3 Å². The van der Waals surface area contributed by atoms with Crippen molar-refractivity contribution < 1.29 is 13.2 Å². The van der Waals surface area contributed by atoms with Crippen LogP contribution in [0.25, 0.3) is 0 Å². The van der Waals surface area contributed by atoms with Crippen molar-refractivity contribution in [1.82, 2.24) is 10.6 Å². The Morgan fingerprint density at radius 3 is 2.36 bits per heavy atom. The second-order valence-electron chi connectivity index (χ2n) is 6.88. The van der Waals surface area contributed by atoms with E-state index in [4.69, 9.17) is 0 Å². The van der Waals surface area contributed by atoms with Gasteiger partial charge in [0.15, 0.2) is 0 Å². The number of hydrogen-bond donors (Lipinski definition) is 2. The van der Waals surface area contributed by atoms with Crippen LogP contribution in [0, 0.1) is 5.92 Å². The molecule has 3 rings (SSSR count). The Kier molecular flexibility index (Phi) is 7.46. The maximum atomic E-state index is 12.8. The molecule has 2 unspecified atom stereocenters. The van der Waals surface area contributed by atoms with E-state index in [1.54, 1.807) is 36.4 Å². The number of benzene rings is 2. The molecule has 0 aromatic heterocycles. The van der Waals surface area contributed by atoms with E-state index in [2.05, 4.69) is 17.6 Å². The van der Waals surface area contributed by atoms with Crippen molar-refractivity contribution in [2.45, 2.75) is 24.3 Å². The van der Waals surface area contributed by atoms with Gasteiger partial charge in [0.1, 0.15) is 0 Å². The molecule has 0 radical (unpaired) electrons. The van der Waals surface area contributed by atoms with Crippen LogP contribution in [0.4, 0.5) is 5.69 Å². The molecule has 8 heteroatoms. The molecular formula is C20H26ClN3O3S. The van der Waals surface area contributed by atoms with Gasteiger partial charge in [0.05, 0.1) is 10.6 Å². The molecule has 1 heterocycles. The zero-order valence-corrected chi connectivity index (χ0v) is 17.6. The van der Waals surface area contributed by atoms with Crippen LogP contribution in [0.5, 0.6) is 0 Å². The molecule has 152 valence electrons.